The minimum absolute atomic E-state index is 0.0822. The molecule has 0 fully saturated rings. The van der Waals surface area contributed by atoms with Crippen LogP contribution in [0.15, 0.2) is 24.3 Å². The first-order valence-electron chi connectivity index (χ1n) is 5.75. The topological polar surface area (TPSA) is 38.3 Å². The van der Waals surface area contributed by atoms with Crippen LogP contribution in [-0.4, -0.2) is 19.1 Å². The molecule has 1 amide bonds. The number of alkyl halides is 1. The van der Waals surface area contributed by atoms with Gasteiger partial charge < -0.3 is 10.1 Å². The first-order chi connectivity index (χ1) is 8.15. The molecule has 0 aromatic heterocycles. The number of hydrogen-bond donors (Lipinski definition) is 1. The summed E-state index contributed by atoms with van der Waals surface area (Å²) in [5, 5.41) is 2.67. The van der Waals surface area contributed by atoms with Crippen LogP contribution in [0, 0.1) is 0 Å². The Morgan fingerprint density at radius 3 is 2.82 bits per heavy atom. The van der Waals surface area contributed by atoms with Crippen molar-refractivity contribution in [3.8, 4) is 0 Å². The number of carbonyl (C=O) groups excluding carboxylic acids is 1. The van der Waals surface area contributed by atoms with Gasteiger partial charge in [-0.1, -0.05) is 25.1 Å². The number of halogens is 1. The molecule has 0 aliphatic rings. The lowest BCUT2D eigenvalue weighted by molar-refractivity contribution is -0.120. The van der Waals surface area contributed by atoms with Crippen molar-refractivity contribution in [1.29, 1.82) is 0 Å². The Morgan fingerprint density at radius 1 is 1.47 bits per heavy atom. The van der Waals surface area contributed by atoms with Gasteiger partial charge in [-0.05, 0) is 25.0 Å². The van der Waals surface area contributed by atoms with E-state index in [9.17, 15) is 4.79 Å². The molecule has 0 aliphatic heterocycles. The van der Waals surface area contributed by atoms with Crippen LogP contribution in [0.1, 0.15) is 31.2 Å². The standard InChI is InChI=1S/C13H18ClNO2/c1-3-8-17-9-13(16)15-12-7-5-4-6-11(12)10(2)14/h4-7,10H,3,8-9H2,1-2H3,(H,15,16). The molecule has 0 bridgehead atoms. The van der Waals surface area contributed by atoms with Gasteiger partial charge in [0, 0.05) is 12.3 Å². The molecular formula is C13H18ClNO2. The van der Waals surface area contributed by atoms with E-state index >= 15 is 0 Å². The highest BCUT2D eigenvalue weighted by atomic mass is 35.5. The van der Waals surface area contributed by atoms with Crippen molar-refractivity contribution in [1.82, 2.24) is 0 Å². The third-order valence-electron chi connectivity index (χ3n) is 2.25. The maximum Gasteiger partial charge on any atom is 0.250 e. The van der Waals surface area contributed by atoms with Crippen LogP contribution in [0.2, 0.25) is 0 Å². The van der Waals surface area contributed by atoms with Crippen LogP contribution in [-0.2, 0) is 9.53 Å². The van der Waals surface area contributed by atoms with Crippen molar-refractivity contribution >= 4 is 23.2 Å². The van der Waals surface area contributed by atoms with Gasteiger partial charge in [-0.25, -0.2) is 0 Å². The Hall–Kier alpha value is -1.06. The molecule has 1 N–H and O–H groups in total. The second-order valence-corrected chi connectivity index (χ2v) is 4.46. The molecule has 3 nitrogen and oxygen atoms in total. The molecule has 0 radical (unpaired) electrons. The average molecular weight is 256 g/mol. The van der Waals surface area contributed by atoms with Crippen LogP contribution >= 0.6 is 11.6 Å². The summed E-state index contributed by atoms with van der Waals surface area (Å²) in [6.45, 7) is 4.56. The van der Waals surface area contributed by atoms with E-state index in [2.05, 4.69) is 5.32 Å². The molecule has 1 unspecified atom stereocenters. The van der Waals surface area contributed by atoms with Gasteiger partial charge in [0.05, 0.1) is 5.38 Å². The summed E-state index contributed by atoms with van der Waals surface area (Å²) in [6.07, 6.45) is 0.905. The molecule has 0 heterocycles. The summed E-state index contributed by atoms with van der Waals surface area (Å²) in [4.78, 5) is 11.6. The third kappa shape index (κ3) is 4.75. The monoisotopic (exact) mass is 255 g/mol. The largest absolute Gasteiger partial charge is 0.372 e. The van der Waals surface area contributed by atoms with Crippen molar-refractivity contribution in [2.24, 2.45) is 0 Å². The molecule has 1 aromatic rings. The Bertz CT molecular complexity index is 366. The Balaban J connectivity index is 2.58. The first kappa shape index (κ1) is 14.0. The van der Waals surface area contributed by atoms with Crippen LogP contribution < -0.4 is 5.32 Å². The van der Waals surface area contributed by atoms with E-state index in [1.165, 1.54) is 0 Å². The smallest absolute Gasteiger partial charge is 0.250 e. The Kier molecular flexibility index (Phi) is 6.01. The number of rotatable bonds is 6. The lowest BCUT2D eigenvalue weighted by Crippen LogP contribution is -2.19. The van der Waals surface area contributed by atoms with Gasteiger partial charge in [-0.2, -0.15) is 0 Å². The van der Waals surface area contributed by atoms with Crippen molar-refractivity contribution in [3.05, 3.63) is 29.8 Å². The summed E-state index contributed by atoms with van der Waals surface area (Å²) in [7, 11) is 0. The lowest BCUT2D eigenvalue weighted by Gasteiger charge is -2.12. The summed E-state index contributed by atoms with van der Waals surface area (Å²) in [5.74, 6) is -0.150. The highest BCUT2D eigenvalue weighted by Crippen LogP contribution is 2.26. The number of nitrogens with one attached hydrogen (secondary N) is 1. The van der Waals surface area contributed by atoms with E-state index in [4.69, 9.17) is 16.3 Å². The van der Waals surface area contributed by atoms with Crippen molar-refractivity contribution in [2.75, 3.05) is 18.5 Å². The molecule has 1 atom stereocenters. The molecule has 0 aliphatic carbocycles. The minimum atomic E-state index is -0.150. The average Bonchev–Trinajstić information content (AvgIpc) is 2.29. The predicted molar refractivity (Wildman–Crippen MR) is 70.4 cm³/mol. The minimum Gasteiger partial charge on any atom is -0.372 e. The highest BCUT2D eigenvalue weighted by molar-refractivity contribution is 6.21. The van der Waals surface area contributed by atoms with Crippen LogP contribution in [0.25, 0.3) is 0 Å². The van der Waals surface area contributed by atoms with Crippen LogP contribution in [0.3, 0.4) is 0 Å². The van der Waals surface area contributed by atoms with E-state index in [-0.39, 0.29) is 17.9 Å². The van der Waals surface area contributed by atoms with Gasteiger partial charge in [0.1, 0.15) is 6.61 Å². The van der Waals surface area contributed by atoms with E-state index in [0.717, 1.165) is 17.7 Å². The van der Waals surface area contributed by atoms with Crippen molar-refractivity contribution in [2.45, 2.75) is 25.6 Å². The molecular weight excluding hydrogens is 238 g/mol. The summed E-state index contributed by atoms with van der Waals surface area (Å²) >= 11 is 6.04. The zero-order chi connectivity index (χ0) is 12.7. The van der Waals surface area contributed by atoms with Gasteiger partial charge in [0.2, 0.25) is 5.91 Å². The summed E-state index contributed by atoms with van der Waals surface area (Å²) < 4.78 is 5.17. The Labute approximate surface area is 107 Å². The van der Waals surface area contributed by atoms with Gasteiger partial charge >= 0.3 is 0 Å². The molecule has 94 valence electrons. The molecule has 4 heteroatoms. The van der Waals surface area contributed by atoms with Gasteiger partial charge in [0.25, 0.3) is 0 Å². The zero-order valence-corrected chi connectivity index (χ0v) is 11.0. The number of anilines is 1. The number of carbonyl (C=O) groups is 1. The van der Waals surface area contributed by atoms with Gasteiger partial charge in [-0.3, -0.25) is 4.79 Å². The quantitative estimate of drug-likeness (QED) is 0.625. The van der Waals surface area contributed by atoms with Crippen LogP contribution in [0.4, 0.5) is 5.69 Å². The molecule has 0 spiro atoms. The van der Waals surface area contributed by atoms with Crippen molar-refractivity contribution < 1.29 is 9.53 Å². The van der Waals surface area contributed by atoms with E-state index in [1.54, 1.807) is 0 Å². The maximum atomic E-state index is 11.6. The second kappa shape index (κ2) is 7.30. The number of amides is 1. The van der Waals surface area contributed by atoms with Gasteiger partial charge in [-0.15, -0.1) is 11.6 Å². The fourth-order valence-corrected chi connectivity index (χ4v) is 1.64. The second-order valence-electron chi connectivity index (χ2n) is 3.80. The number of ether oxygens (including phenoxy) is 1. The zero-order valence-electron chi connectivity index (χ0n) is 10.2. The Morgan fingerprint density at radius 2 is 2.18 bits per heavy atom. The lowest BCUT2D eigenvalue weighted by atomic mass is 10.1. The number of para-hydroxylation sites is 1. The third-order valence-corrected chi connectivity index (χ3v) is 2.48. The van der Waals surface area contributed by atoms with Crippen LogP contribution in [0.5, 0.6) is 0 Å². The van der Waals surface area contributed by atoms with Gasteiger partial charge in [0.15, 0.2) is 0 Å². The molecule has 1 aromatic carbocycles. The number of hydrogen-bond acceptors (Lipinski definition) is 2. The molecule has 17 heavy (non-hydrogen) atoms. The molecule has 1 rings (SSSR count). The van der Waals surface area contributed by atoms with E-state index < -0.39 is 0 Å². The fourth-order valence-electron chi connectivity index (χ4n) is 1.45. The first-order valence-corrected chi connectivity index (χ1v) is 6.19. The maximum absolute atomic E-state index is 11.6. The summed E-state index contributed by atoms with van der Waals surface area (Å²) in [5.41, 5.74) is 1.66. The highest BCUT2D eigenvalue weighted by Gasteiger charge is 2.09. The molecule has 0 saturated heterocycles. The number of benzene rings is 1. The SMILES string of the molecule is CCCOCC(=O)Nc1ccccc1C(C)Cl. The normalized spacial score (nSPS) is 12.2. The predicted octanol–water partition coefficient (Wildman–Crippen LogP) is 3.35. The molecule has 0 saturated carbocycles. The fraction of sp³-hybridized carbons (Fsp3) is 0.462. The van der Waals surface area contributed by atoms with E-state index in [1.807, 2.05) is 38.1 Å². The van der Waals surface area contributed by atoms with Crippen molar-refractivity contribution in [3.63, 3.8) is 0 Å². The summed E-state index contributed by atoms with van der Waals surface area (Å²) in [6, 6.07) is 7.51. The van der Waals surface area contributed by atoms with E-state index in [0.29, 0.717) is 6.61 Å².